The summed E-state index contributed by atoms with van der Waals surface area (Å²) in [5.41, 5.74) is 1.75. The summed E-state index contributed by atoms with van der Waals surface area (Å²) in [5.74, 6) is 0.913. The highest BCUT2D eigenvalue weighted by Crippen LogP contribution is 2.47. The van der Waals surface area contributed by atoms with E-state index in [2.05, 4.69) is 64.7 Å². The van der Waals surface area contributed by atoms with Crippen molar-refractivity contribution >= 4 is 5.96 Å². The van der Waals surface area contributed by atoms with Gasteiger partial charge in [-0.05, 0) is 38.7 Å². The molecule has 144 valence electrons. The van der Waals surface area contributed by atoms with Crippen LogP contribution in [0, 0.1) is 0 Å². The van der Waals surface area contributed by atoms with Gasteiger partial charge < -0.3 is 15.4 Å². The molecule has 1 heterocycles. The molecular formula is C21H34N4O. The lowest BCUT2D eigenvalue weighted by Gasteiger charge is -2.35. The van der Waals surface area contributed by atoms with Crippen LogP contribution in [0.4, 0.5) is 0 Å². The molecule has 5 nitrogen and oxygen atoms in total. The molecular weight excluding hydrogens is 324 g/mol. The zero-order valence-corrected chi connectivity index (χ0v) is 16.5. The molecule has 2 N–H and O–H groups in total. The summed E-state index contributed by atoms with van der Waals surface area (Å²) in [6, 6.07) is 10.8. The Morgan fingerprint density at radius 2 is 1.85 bits per heavy atom. The lowest BCUT2D eigenvalue weighted by molar-refractivity contribution is -0.0679. The second kappa shape index (κ2) is 8.87. The largest absolute Gasteiger partial charge is 0.373 e. The third-order valence-corrected chi connectivity index (χ3v) is 5.50. The molecule has 1 aromatic carbocycles. The SMILES string of the molecule is CN=C(NCCCN1CC(C)OC(C)C1)NCC1(c2ccccc2)CC1. The Bertz CT molecular complexity index is 575. The molecule has 2 fully saturated rings. The molecule has 26 heavy (non-hydrogen) atoms. The van der Waals surface area contributed by atoms with E-state index in [4.69, 9.17) is 4.74 Å². The van der Waals surface area contributed by atoms with E-state index in [1.165, 1.54) is 18.4 Å². The van der Waals surface area contributed by atoms with Crippen molar-refractivity contribution in [2.24, 2.45) is 4.99 Å². The lowest BCUT2D eigenvalue weighted by atomic mass is 9.96. The Morgan fingerprint density at radius 3 is 2.46 bits per heavy atom. The molecule has 0 aromatic heterocycles. The van der Waals surface area contributed by atoms with Crippen LogP contribution in [0.3, 0.4) is 0 Å². The Kier molecular flexibility index (Phi) is 6.54. The quantitative estimate of drug-likeness (QED) is 0.446. The second-order valence-corrected chi connectivity index (χ2v) is 7.87. The monoisotopic (exact) mass is 358 g/mol. The van der Waals surface area contributed by atoms with Crippen molar-refractivity contribution in [3.8, 4) is 0 Å². The third-order valence-electron chi connectivity index (χ3n) is 5.50. The smallest absolute Gasteiger partial charge is 0.191 e. The molecule has 2 atom stereocenters. The van der Waals surface area contributed by atoms with Crippen molar-refractivity contribution in [3.63, 3.8) is 0 Å². The zero-order valence-electron chi connectivity index (χ0n) is 16.5. The van der Waals surface area contributed by atoms with Crippen LogP contribution < -0.4 is 10.6 Å². The Hall–Kier alpha value is -1.59. The number of morpholine rings is 1. The summed E-state index contributed by atoms with van der Waals surface area (Å²) in [6.45, 7) is 9.40. The van der Waals surface area contributed by atoms with Crippen molar-refractivity contribution in [2.75, 3.05) is 39.8 Å². The van der Waals surface area contributed by atoms with E-state index in [-0.39, 0.29) is 0 Å². The highest BCUT2D eigenvalue weighted by Gasteiger charge is 2.43. The van der Waals surface area contributed by atoms with Crippen molar-refractivity contribution in [1.82, 2.24) is 15.5 Å². The van der Waals surface area contributed by atoms with Gasteiger partial charge in [-0.2, -0.15) is 0 Å². The van der Waals surface area contributed by atoms with Crippen LogP contribution >= 0.6 is 0 Å². The molecule has 1 aromatic rings. The second-order valence-electron chi connectivity index (χ2n) is 7.87. The maximum Gasteiger partial charge on any atom is 0.191 e. The minimum absolute atomic E-state index is 0.305. The van der Waals surface area contributed by atoms with E-state index >= 15 is 0 Å². The molecule has 1 aliphatic carbocycles. The van der Waals surface area contributed by atoms with E-state index < -0.39 is 0 Å². The van der Waals surface area contributed by atoms with Crippen LogP contribution in [0.15, 0.2) is 35.3 Å². The van der Waals surface area contributed by atoms with E-state index in [1.807, 2.05) is 7.05 Å². The minimum atomic E-state index is 0.305. The first kappa shape index (κ1) is 19.2. The number of aliphatic imine (C=N–C) groups is 1. The number of guanidine groups is 1. The summed E-state index contributed by atoms with van der Waals surface area (Å²) in [6.07, 6.45) is 4.31. The van der Waals surface area contributed by atoms with E-state index in [9.17, 15) is 0 Å². The fraction of sp³-hybridized carbons (Fsp3) is 0.667. The van der Waals surface area contributed by atoms with Crippen LogP contribution in [0.25, 0.3) is 0 Å². The molecule has 5 heteroatoms. The van der Waals surface area contributed by atoms with Crippen molar-refractivity contribution in [2.45, 2.75) is 50.7 Å². The van der Waals surface area contributed by atoms with Gasteiger partial charge in [-0.3, -0.25) is 9.89 Å². The molecule has 1 saturated carbocycles. The molecule has 3 rings (SSSR count). The summed E-state index contributed by atoms with van der Waals surface area (Å²) >= 11 is 0. The Labute approximate surface area is 158 Å². The van der Waals surface area contributed by atoms with E-state index in [1.54, 1.807) is 0 Å². The summed E-state index contributed by atoms with van der Waals surface area (Å²) in [7, 11) is 1.85. The van der Waals surface area contributed by atoms with Gasteiger partial charge in [0.05, 0.1) is 12.2 Å². The van der Waals surface area contributed by atoms with Crippen molar-refractivity contribution in [1.29, 1.82) is 0 Å². The summed E-state index contributed by atoms with van der Waals surface area (Å²) < 4.78 is 5.80. The predicted molar refractivity (Wildman–Crippen MR) is 108 cm³/mol. The number of nitrogens with one attached hydrogen (secondary N) is 2. The first-order chi connectivity index (χ1) is 12.6. The van der Waals surface area contributed by atoms with Gasteiger partial charge in [0.1, 0.15) is 0 Å². The molecule has 1 aliphatic heterocycles. The highest BCUT2D eigenvalue weighted by molar-refractivity contribution is 5.79. The fourth-order valence-corrected chi connectivity index (χ4v) is 3.96. The van der Waals surface area contributed by atoms with Crippen LogP contribution in [-0.4, -0.2) is 62.8 Å². The average molecular weight is 359 g/mol. The molecule has 0 amide bonds. The summed E-state index contributed by atoms with van der Waals surface area (Å²) in [5, 5.41) is 6.99. The zero-order chi connectivity index (χ0) is 18.4. The standard InChI is InChI=1S/C21H34N4O/c1-17-14-25(15-18(2)26-17)13-7-12-23-20(22-3)24-16-21(10-11-21)19-8-5-4-6-9-19/h4-6,8-9,17-18H,7,10-16H2,1-3H3,(H2,22,23,24). The van der Waals surface area contributed by atoms with Gasteiger partial charge in [-0.1, -0.05) is 30.3 Å². The van der Waals surface area contributed by atoms with Gasteiger partial charge in [-0.25, -0.2) is 0 Å². The van der Waals surface area contributed by atoms with Gasteiger partial charge in [-0.15, -0.1) is 0 Å². The third kappa shape index (κ3) is 5.21. The number of hydrogen-bond donors (Lipinski definition) is 2. The van der Waals surface area contributed by atoms with Crippen LogP contribution in [0.2, 0.25) is 0 Å². The number of ether oxygens (including phenoxy) is 1. The van der Waals surface area contributed by atoms with Crippen molar-refractivity contribution in [3.05, 3.63) is 35.9 Å². The lowest BCUT2D eigenvalue weighted by Crippen LogP contribution is -2.46. The van der Waals surface area contributed by atoms with Gasteiger partial charge in [0, 0.05) is 45.2 Å². The van der Waals surface area contributed by atoms with Gasteiger partial charge in [0.15, 0.2) is 5.96 Å². The topological polar surface area (TPSA) is 48.9 Å². The van der Waals surface area contributed by atoms with E-state index in [0.29, 0.717) is 17.6 Å². The van der Waals surface area contributed by atoms with E-state index in [0.717, 1.165) is 45.1 Å². The van der Waals surface area contributed by atoms with Crippen LogP contribution in [0.1, 0.15) is 38.7 Å². The fourth-order valence-electron chi connectivity index (χ4n) is 3.96. The number of rotatable bonds is 7. The predicted octanol–water partition coefficient (Wildman–Crippen LogP) is 2.38. The van der Waals surface area contributed by atoms with Gasteiger partial charge in [0.2, 0.25) is 0 Å². The molecule has 2 aliphatic rings. The first-order valence-electron chi connectivity index (χ1n) is 9.99. The Balaban J connectivity index is 1.36. The average Bonchev–Trinajstić information content (AvgIpc) is 3.42. The maximum atomic E-state index is 5.80. The maximum absolute atomic E-state index is 5.80. The molecule has 0 bridgehead atoms. The van der Waals surface area contributed by atoms with Gasteiger partial charge in [0.25, 0.3) is 0 Å². The molecule has 2 unspecified atom stereocenters. The normalized spacial score (nSPS) is 25.7. The van der Waals surface area contributed by atoms with Crippen molar-refractivity contribution < 1.29 is 4.74 Å². The van der Waals surface area contributed by atoms with Crippen LogP contribution in [-0.2, 0) is 10.2 Å². The molecule has 1 saturated heterocycles. The Morgan fingerprint density at radius 1 is 1.15 bits per heavy atom. The summed E-state index contributed by atoms with van der Waals surface area (Å²) in [4.78, 5) is 6.89. The molecule has 0 spiro atoms. The number of hydrogen-bond acceptors (Lipinski definition) is 3. The minimum Gasteiger partial charge on any atom is -0.373 e. The van der Waals surface area contributed by atoms with Crippen LogP contribution in [0.5, 0.6) is 0 Å². The van der Waals surface area contributed by atoms with Gasteiger partial charge >= 0.3 is 0 Å². The highest BCUT2D eigenvalue weighted by atomic mass is 16.5. The number of nitrogens with zero attached hydrogens (tertiary/aromatic N) is 2. The number of benzene rings is 1. The first-order valence-corrected chi connectivity index (χ1v) is 9.99. The molecule has 0 radical (unpaired) electrons.